The van der Waals surface area contributed by atoms with Gasteiger partial charge in [0.2, 0.25) is 0 Å². The molecule has 4 rings (SSSR count). The number of aryl methyl sites for hydroxylation is 2. The van der Waals surface area contributed by atoms with E-state index in [1.54, 1.807) is 60.7 Å². The summed E-state index contributed by atoms with van der Waals surface area (Å²) in [4.78, 5) is 38.7. The Bertz CT molecular complexity index is 1280. The molecule has 0 saturated carbocycles. The molecule has 1 heterocycles. The number of hydrogen-bond acceptors (Lipinski definition) is 4. The molecule has 0 radical (unpaired) electrons. The Balaban J connectivity index is 1.87. The molecule has 1 aliphatic rings. The zero-order valence-corrected chi connectivity index (χ0v) is 18.3. The van der Waals surface area contributed by atoms with Crippen LogP contribution in [0.15, 0.2) is 78.4 Å². The van der Waals surface area contributed by atoms with Crippen molar-refractivity contribution in [1.29, 1.82) is 0 Å². The predicted molar refractivity (Wildman–Crippen MR) is 125 cm³/mol. The van der Waals surface area contributed by atoms with Crippen LogP contribution >= 0.6 is 0 Å². The highest BCUT2D eigenvalue weighted by Gasteiger charge is 2.46. The Labute approximate surface area is 191 Å². The second kappa shape index (κ2) is 8.74. The summed E-state index contributed by atoms with van der Waals surface area (Å²) in [6, 6.07) is 20.1. The molecule has 6 heteroatoms. The third kappa shape index (κ3) is 4.15. The van der Waals surface area contributed by atoms with Crippen LogP contribution in [-0.4, -0.2) is 27.9 Å². The fraction of sp³-hybridized carbons (Fsp3) is 0.148. The Morgan fingerprint density at radius 3 is 2.15 bits per heavy atom. The van der Waals surface area contributed by atoms with E-state index >= 15 is 0 Å². The minimum Gasteiger partial charge on any atom is -0.507 e. The molecule has 166 valence electrons. The van der Waals surface area contributed by atoms with Crippen LogP contribution in [0.3, 0.4) is 0 Å². The predicted octanol–water partition coefficient (Wildman–Crippen LogP) is 4.56. The van der Waals surface area contributed by atoms with E-state index < -0.39 is 23.7 Å². The molecule has 1 unspecified atom stereocenters. The number of carboxylic acid groups (broad SMARTS) is 1. The molecule has 0 aliphatic carbocycles. The number of anilines is 1. The maximum atomic E-state index is 13.2. The Morgan fingerprint density at radius 2 is 1.55 bits per heavy atom. The summed E-state index contributed by atoms with van der Waals surface area (Å²) in [6.45, 7) is 3.87. The fourth-order valence-electron chi connectivity index (χ4n) is 4.04. The van der Waals surface area contributed by atoms with E-state index in [2.05, 4.69) is 0 Å². The molecule has 0 spiro atoms. The Kier molecular flexibility index (Phi) is 5.84. The van der Waals surface area contributed by atoms with Crippen LogP contribution < -0.4 is 4.90 Å². The summed E-state index contributed by atoms with van der Waals surface area (Å²) in [5, 5.41) is 20.2. The van der Waals surface area contributed by atoms with Crippen LogP contribution in [0.25, 0.3) is 5.76 Å². The molecule has 3 aromatic carbocycles. The summed E-state index contributed by atoms with van der Waals surface area (Å²) >= 11 is 0. The zero-order valence-electron chi connectivity index (χ0n) is 18.3. The van der Waals surface area contributed by atoms with Gasteiger partial charge >= 0.3 is 5.97 Å². The van der Waals surface area contributed by atoms with E-state index in [4.69, 9.17) is 5.11 Å². The largest absolute Gasteiger partial charge is 0.507 e. The number of hydrogen-bond donors (Lipinski definition) is 2. The van der Waals surface area contributed by atoms with Gasteiger partial charge in [-0.05, 0) is 54.3 Å². The molecule has 1 saturated heterocycles. The normalized spacial score (nSPS) is 17.4. The first-order valence-electron chi connectivity index (χ1n) is 10.5. The zero-order chi connectivity index (χ0) is 23.7. The van der Waals surface area contributed by atoms with Gasteiger partial charge in [-0.25, -0.2) is 0 Å². The fourth-order valence-corrected chi connectivity index (χ4v) is 4.04. The average molecular weight is 441 g/mol. The maximum absolute atomic E-state index is 13.2. The number of nitrogens with zero attached hydrogens (tertiary/aromatic N) is 1. The van der Waals surface area contributed by atoms with Gasteiger partial charge in [0.15, 0.2) is 0 Å². The Hall–Kier alpha value is -4.19. The lowest BCUT2D eigenvalue weighted by Crippen LogP contribution is -2.29. The van der Waals surface area contributed by atoms with Gasteiger partial charge in [-0.1, -0.05) is 54.6 Å². The lowest BCUT2D eigenvalue weighted by Gasteiger charge is -2.25. The number of amides is 1. The van der Waals surface area contributed by atoms with Crippen LogP contribution in [0.1, 0.15) is 33.9 Å². The highest BCUT2D eigenvalue weighted by molar-refractivity contribution is 6.51. The van der Waals surface area contributed by atoms with Crippen LogP contribution in [0, 0.1) is 13.8 Å². The van der Waals surface area contributed by atoms with E-state index in [1.807, 2.05) is 26.0 Å². The van der Waals surface area contributed by atoms with Crippen molar-refractivity contribution in [3.63, 3.8) is 0 Å². The van der Waals surface area contributed by atoms with Crippen molar-refractivity contribution in [2.75, 3.05) is 4.90 Å². The number of carbonyl (C=O) groups excluding carboxylic acids is 2. The van der Waals surface area contributed by atoms with Gasteiger partial charge in [0.1, 0.15) is 5.76 Å². The van der Waals surface area contributed by atoms with Crippen molar-refractivity contribution in [1.82, 2.24) is 0 Å². The molecule has 0 bridgehead atoms. The molecule has 1 aliphatic heterocycles. The minimum atomic E-state index is -0.958. The smallest absolute Gasteiger partial charge is 0.307 e. The van der Waals surface area contributed by atoms with Crippen molar-refractivity contribution in [3.05, 3.63) is 106 Å². The first kappa shape index (κ1) is 22.0. The molecule has 0 aromatic heterocycles. The average Bonchev–Trinajstić information content (AvgIpc) is 3.06. The van der Waals surface area contributed by atoms with E-state index in [-0.39, 0.29) is 17.8 Å². The van der Waals surface area contributed by atoms with Gasteiger partial charge in [0.05, 0.1) is 18.0 Å². The molecule has 1 fully saturated rings. The second-order valence-corrected chi connectivity index (χ2v) is 8.12. The maximum Gasteiger partial charge on any atom is 0.307 e. The number of carboxylic acids is 1. The standard InChI is InChI=1S/C27H23NO5/c1-16-8-11-20(14-17(16)2)25(31)23-24(19-6-4-3-5-7-19)28(27(33)26(23)32)21-12-9-18(10-13-21)15-22(29)30/h3-14,24,31H,15H2,1-2H3,(H,29,30)/b25-23-. The lowest BCUT2D eigenvalue weighted by molar-refractivity contribution is -0.136. The number of carbonyl (C=O) groups is 3. The highest BCUT2D eigenvalue weighted by Crippen LogP contribution is 2.42. The second-order valence-electron chi connectivity index (χ2n) is 8.12. The molecule has 1 amide bonds. The molecular formula is C27H23NO5. The van der Waals surface area contributed by atoms with Crippen molar-refractivity contribution < 1.29 is 24.6 Å². The van der Waals surface area contributed by atoms with Crippen molar-refractivity contribution in [2.24, 2.45) is 0 Å². The quantitative estimate of drug-likeness (QED) is 0.344. The number of ketones is 1. The van der Waals surface area contributed by atoms with Gasteiger partial charge in [0.25, 0.3) is 11.7 Å². The monoisotopic (exact) mass is 441 g/mol. The lowest BCUT2D eigenvalue weighted by atomic mass is 9.94. The number of aliphatic hydroxyl groups excluding tert-OH is 1. The number of Topliss-reactive ketones (excluding diaryl/α,β-unsaturated/α-hetero) is 1. The van der Waals surface area contributed by atoms with Crippen LogP contribution in [0.2, 0.25) is 0 Å². The molecule has 33 heavy (non-hydrogen) atoms. The van der Waals surface area contributed by atoms with E-state index in [9.17, 15) is 19.5 Å². The van der Waals surface area contributed by atoms with Gasteiger partial charge in [-0.3, -0.25) is 19.3 Å². The van der Waals surface area contributed by atoms with Crippen molar-refractivity contribution >= 4 is 29.1 Å². The van der Waals surface area contributed by atoms with Gasteiger partial charge in [0, 0.05) is 11.3 Å². The third-order valence-electron chi connectivity index (χ3n) is 5.91. The summed E-state index contributed by atoms with van der Waals surface area (Å²) in [7, 11) is 0. The summed E-state index contributed by atoms with van der Waals surface area (Å²) < 4.78 is 0. The Morgan fingerprint density at radius 1 is 0.879 bits per heavy atom. The topological polar surface area (TPSA) is 94.9 Å². The number of benzene rings is 3. The van der Waals surface area contributed by atoms with Gasteiger partial charge in [-0.15, -0.1) is 0 Å². The highest BCUT2D eigenvalue weighted by atomic mass is 16.4. The summed E-state index contributed by atoms with van der Waals surface area (Å²) in [5.41, 5.74) is 4.19. The molecule has 3 aromatic rings. The van der Waals surface area contributed by atoms with Gasteiger partial charge in [-0.2, -0.15) is 0 Å². The SMILES string of the molecule is Cc1ccc(/C(O)=C2/C(=O)C(=O)N(c3ccc(CC(=O)O)cc3)C2c2ccccc2)cc1C. The van der Waals surface area contributed by atoms with E-state index in [1.165, 1.54) is 4.90 Å². The van der Waals surface area contributed by atoms with Gasteiger partial charge < -0.3 is 10.2 Å². The number of aliphatic hydroxyl groups is 1. The number of aliphatic carboxylic acids is 1. The first-order chi connectivity index (χ1) is 15.8. The van der Waals surface area contributed by atoms with E-state index in [0.717, 1.165) is 11.1 Å². The van der Waals surface area contributed by atoms with Crippen molar-refractivity contribution in [2.45, 2.75) is 26.3 Å². The molecule has 6 nitrogen and oxygen atoms in total. The summed E-state index contributed by atoms with van der Waals surface area (Å²) in [6.07, 6.45) is -0.145. The summed E-state index contributed by atoms with van der Waals surface area (Å²) in [5.74, 6) is -2.70. The minimum absolute atomic E-state index is 0.0177. The van der Waals surface area contributed by atoms with Crippen LogP contribution in [0.5, 0.6) is 0 Å². The third-order valence-corrected chi connectivity index (χ3v) is 5.91. The molecular weight excluding hydrogens is 418 g/mol. The van der Waals surface area contributed by atoms with E-state index in [0.29, 0.717) is 22.4 Å². The molecule has 1 atom stereocenters. The molecule has 2 N–H and O–H groups in total. The number of rotatable bonds is 5. The first-order valence-corrected chi connectivity index (χ1v) is 10.5. The van der Waals surface area contributed by atoms with Crippen LogP contribution in [-0.2, 0) is 20.8 Å². The van der Waals surface area contributed by atoms with Crippen molar-refractivity contribution in [3.8, 4) is 0 Å². The van der Waals surface area contributed by atoms with Crippen LogP contribution in [0.4, 0.5) is 5.69 Å².